The molecule has 1 aromatic rings. The second-order valence-corrected chi connectivity index (χ2v) is 5.39. The molecule has 1 aromatic carbocycles. The molecule has 0 amide bonds. The van der Waals surface area contributed by atoms with Crippen LogP contribution in [0.2, 0.25) is 0 Å². The van der Waals surface area contributed by atoms with E-state index < -0.39 is 0 Å². The predicted octanol–water partition coefficient (Wildman–Crippen LogP) is 2.41. The minimum atomic E-state index is 0.102. The number of benzene rings is 1. The molecule has 0 saturated heterocycles. The molecule has 1 saturated carbocycles. The average molecular weight is 293 g/mol. The van der Waals surface area contributed by atoms with Gasteiger partial charge in [-0.2, -0.15) is 0 Å². The van der Waals surface area contributed by atoms with Crippen LogP contribution < -0.4 is 10.1 Å². The van der Waals surface area contributed by atoms with Gasteiger partial charge in [0, 0.05) is 19.6 Å². The molecule has 118 valence electrons. The third-order valence-corrected chi connectivity index (χ3v) is 3.91. The highest BCUT2D eigenvalue weighted by molar-refractivity contribution is 5.29. The maximum Gasteiger partial charge on any atom is 0.128 e. The van der Waals surface area contributed by atoms with Crippen molar-refractivity contribution in [3.63, 3.8) is 0 Å². The van der Waals surface area contributed by atoms with E-state index in [1.807, 2.05) is 6.07 Å². The number of aryl methyl sites for hydroxylation is 1. The molecule has 4 heteroatoms. The van der Waals surface area contributed by atoms with Crippen LogP contribution in [-0.2, 0) is 15.9 Å². The Morgan fingerprint density at radius 2 is 2.10 bits per heavy atom. The molecule has 1 N–H and O–H groups in total. The number of likely N-dealkylation sites (N-methyl/N-ethyl adjacent to an activating group) is 1. The summed E-state index contributed by atoms with van der Waals surface area (Å²) in [4.78, 5) is 0. The molecule has 3 atom stereocenters. The summed E-state index contributed by atoms with van der Waals surface area (Å²) in [6, 6.07) is 8.70. The fourth-order valence-electron chi connectivity index (χ4n) is 2.66. The second kappa shape index (κ2) is 8.37. The van der Waals surface area contributed by atoms with E-state index in [0.29, 0.717) is 19.3 Å². The van der Waals surface area contributed by atoms with Crippen LogP contribution in [0, 0.1) is 0 Å². The van der Waals surface area contributed by atoms with Crippen LogP contribution in [0.25, 0.3) is 0 Å². The summed E-state index contributed by atoms with van der Waals surface area (Å²) >= 11 is 0. The molecule has 0 aliphatic heterocycles. The molecule has 1 aliphatic carbocycles. The van der Waals surface area contributed by atoms with Gasteiger partial charge in [0.15, 0.2) is 0 Å². The van der Waals surface area contributed by atoms with Crippen LogP contribution in [-0.4, -0.2) is 45.1 Å². The summed E-state index contributed by atoms with van der Waals surface area (Å²) < 4.78 is 17.1. The first-order chi connectivity index (χ1) is 10.3. The SMILES string of the molecule is CCNC1CC(Oc2cccc(CC)c2)C1OCCOC. The number of methoxy groups -OCH3 is 1. The second-order valence-electron chi connectivity index (χ2n) is 5.39. The van der Waals surface area contributed by atoms with E-state index in [1.165, 1.54) is 5.56 Å². The van der Waals surface area contributed by atoms with E-state index >= 15 is 0 Å². The quantitative estimate of drug-likeness (QED) is 0.710. The van der Waals surface area contributed by atoms with E-state index in [2.05, 4.69) is 37.4 Å². The molecule has 0 bridgehead atoms. The molecule has 4 nitrogen and oxygen atoms in total. The van der Waals surface area contributed by atoms with Crippen molar-refractivity contribution in [3.05, 3.63) is 29.8 Å². The van der Waals surface area contributed by atoms with Gasteiger partial charge in [0.25, 0.3) is 0 Å². The first-order valence-corrected chi connectivity index (χ1v) is 7.88. The lowest BCUT2D eigenvalue weighted by atomic mass is 9.85. The molecule has 0 spiro atoms. The first kappa shape index (κ1) is 16.3. The molecule has 2 rings (SSSR count). The molecule has 0 heterocycles. The van der Waals surface area contributed by atoms with E-state index in [9.17, 15) is 0 Å². The van der Waals surface area contributed by atoms with Gasteiger partial charge in [-0.25, -0.2) is 0 Å². The van der Waals surface area contributed by atoms with Gasteiger partial charge in [0.05, 0.1) is 13.2 Å². The standard InChI is InChI=1S/C17H27NO3/c1-4-13-7-6-8-14(11-13)21-16-12-15(18-5-2)17(16)20-10-9-19-3/h6-8,11,15-18H,4-5,9-10,12H2,1-3H3. The van der Waals surface area contributed by atoms with Crippen molar-refractivity contribution in [2.45, 2.75) is 44.9 Å². The third kappa shape index (κ3) is 4.43. The van der Waals surface area contributed by atoms with Gasteiger partial charge in [-0.3, -0.25) is 0 Å². The predicted molar refractivity (Wildman–Crippen MR) is 83.9 cm³/mol. The summed E-state index contributed by atoms with van der Waals surface area (Å²) in [6.07, 6.45) is 2.24. The zero-order valence-electron chi connectivity index (χ0n) is 13.3. The van der Waals surface area contributed by atoms with Crippen molar-refractivity contribution < 1.29 is 14.2 Å². The van der Waals surface area contributed by atoms with Crippen LogP contribution in [0.4, 0.5) is 0 Å². The van der Waals surface area contributed by atoms with Crippen LogP contribution >= 0.6 is 0 Å². The Morgan fingerprint density at radius 3 is 2.81 bits per heavy atom. The fraction of sp³-hybridized carbons (Fsp3) is 0.647. The number of hydrogen-bond donors (Lipinski definition) is 1. The third-order valence-electron chi connectivity index (χ3n) is 3.91. The summed E-state index contributed by atoms with van der Waals surface area (Å²) in [6.45, 7) is 6.45. The fourth-order valence-corrected chi connectivity index (χ4v) is 2.66. The highest BCUT2D eigenvalue weighted by atomic mass is 16.6. The van der Waals surface area contributed by atoms with Gasteiger partial charge in [0.2, 0.25) is 0 Å². The Morgan fingerprint density at radius 1 is 1.24 bits per heavy atom. The van der Waals surface area contributed by atoms with Crippen molar-refractivity contribution in [1.82, 2.24) is 5.32 Å². The number of nitrogens with one attached hydrogen (secondary N) is 1. The molecule has 0 radical (unpaired) electrons. The maximum absolute atomic E-state index is 6.11. The number of ether oxygens (including phenoxy) is 3. The zero-order chi connectivity index (χ0) is 15.1. The normalized spacial score (nSPS) is 24.6. The van der Waals surface area contributed by atoms with Crippen molar-refractivity contribution in [1.29, 1.82) is 0 Å². The molecule has 21 heavy (non-hydrogen) atoms. The lowest BCUT2D eigenvalue weighted by Gasteiger charge is -2.44. The monoisotopic (exact) mass is 293 g/mol. The average Bonchev–Trinajstić information content (AvgIpc) is 2.50. The van der Waals surface area contributed by atoms with Crippen LogP contribution in [0.1, 0.15) is 25.8 Å². The van der Waals surface area contributed by atoms with E-state index in [0.717, 1.165) is 25.1 Å². The Bertz CT molecular complexity index is 424. The van der Waals surface area contributed by atoms with E-state index in [4.69, 9.17) is 14.2 Å². The van der Waals surface area contributed by atoms with Crippen molar-refractivity contribution in [3.8, 4) is 5.75 Å². The molecule has 0 aromatic heterocycles. The molecular weight excluding hydrogens is 266 g/mol. The van der Waals surface area contributed by atoms with Crippen LogP contribution in [0.5, 0.6) is 5.75 Å². The van der Waals surface area contributed by atoms with Crippen molar-refractivity contribution in [2.75, 3.05) is 26.9 Å². The summed E-state index contributed by atoms with van der Waals surface area (Å²) in [5.74, 6) is 0.939. The highest BCUT2D eigenvalue weighted by Crippen LogP contribution is 2.29. The summed E-state index contributed by atoms with van der Waals surface area (Å²) in [7, 11) is 1.69. The number of hydrogen-bond acceptors (Lipinski definition) is 4. The molecule has 1 aliphatic rings. The first-order valence-electron chi connectivity index (χ1n) is 7.88. The maximum atomic E-state index is 6.11. The van der Waals surface area contributed by atoms with Crippen molar-refractivity contribution in [2.24, 2.45) is 0 Å². The lowest BCUT2D eigenvalue weighted by molar-refractivity contribution is -0.115. The Hall–Kier alpha value is -1.10. The Kier molecular flexibility index (Phi) is 6.49. The summed E-state index contributed by atoms with van der Waals surface area (Å²) in [5, 5.41) is 3.45. The topological polar surface area (TPSA) is 39.7 Å². The highest BCUT2D eigenvalue weighted by Gasteiger charge is 2.43. The van der Waals surface area contributed by atoms with Gasteiger partial charge in [0.1, 0.15) is 18.0 Å². The van der Waals surface area contributed by atoms with Gasteiger partial charge >= 0.3 is 0 Å². The van der Waals surface area contributed by atoms with Gasteiger partial charge in [-0.05, 0) is 30.7 Å². The molecule has 3 unspecified atom stereocenters. The van der Waals surface area contributed by atoms with Crippen LogP contribution in [0.15, 0.2) is 24.3 Å². The van der Waals surface area contributed by atoms with Gasteiger partial charge in [-0.15, -0.1) is 0 Å². The minimum Gasteiger partial charge on any atom is -0.488 e. The Labute approximate surface area is 127 Å². The van der Waals surface area contributed by atoms with Crippen LogP contribution in [0.3, 0.4) is 0 Å². The van der Waals surface area contributed by atoms with Crippen molar-refractivity contribution >= 4 is 0 Å². The summed E-state index contributed by atoms with van der Waals surface area (Å²) in [5.41, 5.74) is 1.30. The minimum absolute atomic E-state index is 0.102. The smallest absolute Gasteiger partial charge is 0.128 e. The van der Waals surface area contributed by atoms with Gasteiger partial charge < -0.3 is 19.5 Å². The zero-order valence-corrected chi connectivity index (χ0v) is 13.3. The largest absolute Gasteiger partial charge is 0.488 e. The lowest BCUT2D eigenvalue weighted by Crippen LogP contribution is -2.61. The molecular formula is C17H27NO3. The number of rotatable bonds is 9. The Balaban J connectivity index is 1.91. The van der Waals surface area contributed by atoms with E-state index in [-0.39, 0.29) is 12.2 Å². The molecule has 1 fully saturated rings. The van der Waals surface area contributed by atoms with Gasteiger partial charge in [-0.1, -0.05) is 26.0 Å². The van der Waals surface area contributed by atoms with E-state index in [1.54, 1.807) is 7.11 Å².